The molecule has 0 bridgehead atoms. The van der Waals surface area contributed by atoms with Crippen LogP contribution in [0.3, 0.4) is 0 Å². The number of halogens is 1. The summed E-state index contributed by atoms with van der Waals surface area (Å²) in [7, 11) is 6.49. The number of nitrogens with zero attached hydrogens (tertiary/aromatic N) is 2. The van der Waals surface area contributed by atoms with E-state index in [0.29, 0.717) is 6.04 Å². The van der Waals surface area contributed by atoms with E-state index in [0.717, 1.165) is 32.6 Å². The minimum Gasteiger partial charge on any atom is -0.310 e. The lowest BCUT2D eigenvalue weighted by Gasteiger charge is -2.24. The average Bonchev–Trinajstić information content (AvgIpc) is 2.44. The molecule has 21 heavy (non-hydrogen) atoms. The molecule has 4 heteroatoms. The van der Waals surface area contributed by atoms with E-state index < -0.39 is 0 Å². The molecular formula is C17H30BrN3. The molecule has 1 aromatic rings. The first kappa shape index (κ1) is 18.6. The minimum atomic E-state index is 0.418. The van der Waals surface area contributed by atoms with Crippen molar-refractivity contribution in [2.75, 3.05) is 47.3 Å². The minimum absolute atomic E-state index is 0.418. The molecule has 1 aromatic carbocycles. The van der Waals surface area contributed by atoms with Crippen molar-refractivity contribution < 1.29 is 0 Å². The highest BCUT2D eigenvalue weighted by molar-refractivity contribution is 9.10. The number of benzene rings is 1. The highest BCUT2D eigenvalue weighted by Gasteiger charge is 2.13. The summed E-state index contributed by atoms with van der Waals surface area (Å²) in [5.41, 5.74) is 1.36. The number of rotatable bonds is 10. The third-order valence-electron chi connectivity index (χ3n) is 3.68. The van der Waals surface area contributed by atoms with E-state index in [2.05, 4.69) is 83.4 Å². The second-order valence-electron chi connectivity index (χ2n) is 5.88. The van der Waals surface area contributed by atoms with Gasteiger partial charge in [0.15, 0.2) is 0 Å². The van der Waals surface area contributed by atoms with Crippen LogP contribution in [0.5, 0.6) is 0 Å². The Hall–Kier alpha value is -0.420. The van der Waals surface area contributed by atoms with Gasteiger partial charge in [0.2, 0.25) is 0 Å². The monoisotopic (exact) mass is 355 g/mol. The van der Waals surface area contributed by atoms with Crippen LogP contribution in [-0.4, -0.2) is 57.1 Å². The molecule has 0 saturated heterocycles. The van der Waals surface area contributed by atoms with Crippen molar-refractivity contribution in [3.63, 3.8) is 0 Å². The fourth-order valence-corrected chi connectivity index (χ4v) is 3.05. The molecule has 1 rings (SSSR count). The number of hydrogen-bond donors (Lipinski definition) is 1. The van der Waals surface area contributed by atoms with Crippen LogP contribution >= 0.6 is 15.9 Å². The van der Waals surface area contributed by atoms with Crippen molar-refractivity contribution in [2.45, 2.75) is 25.8 Å². The summed E-state index contributed by atoms with van der Waals surface area (Å²) in [5.74, 6) is 0. The van der Waals surface area contributed by atoms with E-state index in [1.807, 2.05) is 0 Å². The van der Waals surface area contributed by atoms with E-state index in [-0.39, 0.29) is 0 Å². The molecule has 0 amide bonds. The van der Waals surface area contributed by atoms with E-state index in [4.69, 9.17) is 0 Å². The van der Waals surface area contributed by atoms with Gasteiger partial charge >= 0.3 is 0 Å². The predicted octanol–water partition coefficient (Wildman–Crippen LogP) is 3.37. The van der Waals surface area contributed by atoms with Gasteiger partial charge in [-0.2, -0.15) is 0 Å². The number of hydrogen-bond acceptors (Lipinski definition) is 3. The topological polar surface area (TPSA) is 18.5 Å². The van der Waals surface area contributed by atoms with Crippen molar-refractivity contribution in [2.24, 2.45) is 0 Å². The van der Waals surface area contributed by atoms with Crippen LogP contribution in [0.25, 0.3) is 0 Å². The fourth-order valence-electron chi connectivity index (χ4n) is 2.49. The number of nitrogens with one attached hydrogen (secondary N) is 1. The van der Waals surface area contributed by atoms with E-state index in [1.165, 1.54) is 16.5 Å². The summed E-state index contributed by atoms with van der Waals surface area (Å²) in [4.78, 5) is 4.68. The Morgan fingerprint density at radius 2 is 1.81 bits per heavy atom. The predicted molar refractivity (Wildman–Crippen MR) is 95.8 cm³/mol. The van der Waals surface area contributed by atoms with Crippen molar-refractivity contribution >= 4 is 15.9 Å². The van der Waals surface area contributed by atoms with E-state index in [1.54, 1.807) is 0 Å². The molecule has 1 N–H and O–H groups in total. The van der Waals surface area contributed by atoms with Crippen LogP contribution in [0, 0.1) is 0 Å². The summed E-state index contributed by atoms with van der Waals surface area (Å²) >= 11 is 3.67. The second-order valence-corrected chi connectivity index (χ2v) is 6.73. The van der Waals surface area contributed by atoms with E-state index >= 15 is 0 Å². The molecule has 1 unspecified atom stereocenters. The molecule has 0 fully saturated rings. The average molecular weight is 356 g/mol. The highest BCUT2D eigenvalue weighted by Crippen LogP contribution is 2.25. The molecule has 0 aliphatic heterocycles. The third kappa shape index (κ3) is 7.41. The quantitative estimate of drug-likeness (QED) is 0.693. The first-order valence-corrected chi connectivity index (χ1v) is 8.65. The Balaban J connectivity index is 2.46. The summed E-state index contributed by atoms with van der Waals surface area (Å²) in [6.45, 7) is 6.60. The summed E-state index contributed by atoms with van der Waals surface area (Å²) < 4.78 is 1.20. The van der Waals surface area contributed by atoms with Crippen LogP contribution in [0.15, 0.2) is 28.7 Å². The van der Waals surface area contributed by atoms with Gasteiger partial charge in [0.05, 0.1) is 0 Å². The van der Waals surface area contributed by atoms with Crippen molar-refractivity contribution in [3.05, 3.63) is 34.3 Å². The maximum Gasteiger partial charge on any atom is 0.0343 e. The zero-order chi connectivity index (χ0) is 15.7. The van der Waals surface area contributed by atoms with Gasteiger partial charge in [-0.1, -0.05) is 41.1 Å². The summed E-state index contributed by atoms with van der Waals surface area (Å²) in [5, 5.41) is 3.60. The maximum absolute atomic E-state index is 3.67. The van der Waals surface area contributed by atoms with Gasteiger partial charge < -0.3 is 15.1 Å². The third-order valence-corrected chi connectivity index (χ3v) is 4.40. The Bertz CT molecular complexity index is 395. The molecule has 120 valence electrons. The molecule has 1 atom stereocenters. The molecule has 0 aliphatic rings. The Morgan fingerprint density at radius 3 is 2.43 bits per heavy atom. The van der Waals surface area contributed by atoms with Gasteiger partial charge in [-0.15, -0.1) is 0 Å². The van der Waals surface area contributed by atoms with Gasteiger partial charge in [-0.25, -0.2) is 0 Å². The van der Waals surface area contributed by atoms with Crippen molar-refractivity contribution in [3.8, 4) is 0 Å². The largest absolute Gasteiger partial charge is 0.310 e. The van der Waals surface area contributed by atoms with Gasteiger partial charge in [-0.3, -0.25) is 0 Å². The lowest BCUT2D eigenvalue weighted by Crippen LogP contribution is -2.29. The van der Waals surface area contributed by atoms with Gasteiger partial charge in [-0.05, 0) is 71.8 Å². The zero-order valence-corrected chi connectivity index (χ0v) is 15.5. The Kier molecular flexibility index (Phi) is 9.16. The smallest absolute Gasteiger partial charge is 0.0343 e. The van der Waals surface area contributed by atoms with Crippen LogP contribution in [0.2, 0.25) is 0 Å². The molecular weight excluding hydrogens is 326 g/mol. The normalized spacial score (nSPS) is 13.1. The first-order chi connectivity index (χ1) is 10.0. The Morgan fingerprint density at radius 1 is 1.10 bits per heavy atom. The fraction of sp³-hybridized carbons (Fsp3) is 0.647. The molecule has 0 radical (unpaired) electrons. The molecule has 0 heterocycles. The SMILES string of the molecule is CCNC(CCN(C)CCCN(C)C)c1ccccc1Br. The summed E-state index contributed by atoms with van der Waals surface area (Å²) in [6.07, 6.45) is 2.36. The second kappa shape index (κ2) is 10.3. The molecule has 0 saturated carbocycles. The maximum atomic E-state index is 3.67. The van der Waals surface area contributed by atoms with E-state index in [9.17, 15) is 0 Å². The zero-order valence-electron chi connectivity index (χ0n) is 13.9. The van der Waals surface area contributed by atoms with Crippen molar-refractivity contribution in [1.82, 2.24) is 15.1 Å². The standard InChI is InChI=1S/C17H30BrN3/c1-5-19-17(15-9-6-7-10-16(15)18)11-14-21(4)13-8-12-20(2)3/h6-7,9-10,17,19H,5,8,11-14H2,1-4H3. The molecule has 3 nitrogen and oxygen atoms in total. The van der Waals surface area contributed by atoms with Crippen molar-refractivity contribution in [1.29, 1.82) is 0 Å². The van der Waals surface area contributed by atoms with Crippen LogP contribution in [0.1, 0.15) is 31.4 Å². The molecule has 0 aromatic heterocycles. The van der Waals surface area contributed by atoms with Gasteiger partial charge in [0.1, 0.15) is 0 Å². The summed E-state index contributed by atoms with van der Waals surface area (Å²) in [6, 6.07) is 8.95. The lowest BCUT2D eigenvalue weighted by molar-refractivity contribution is 0.284. The van der Waals surface area contributed by atoms with Crippen LogP contribution in [0.4, 0.5) is 0 Å². The molecule has 0 spiro atoms. The molecule has 0 aliphatic carbocycles. The lowest BCUT2D eigenvalue weighted by atomic mass is 10.0. The van der Waals surface area contributed by atoms with Gasteiger partial charge in [0.25, 0.3) is 0 Å². The van der Waals surface area contributed by atoms with Crippen LogP contribution < -0.4 is 5.32 Å². The first-order valence-electron chi connectivity index (χ1n) is 7.85. The van der Waals surface area contributed by atoms with Crippen LogP contribution in [-0.2, 0) is 0 Å². The highest BCUT2D eigenvalue weighted by atomic mass is 79.9. The van der Waals surface area contributed by atoms with Gasteiger partial charge in [0, 0.05) is 10.5 Å². The Labute approximate surface area is 138 Å².